The summed E-state index contributed by atoms with van der Waals surface area (Å²) in [5, 5.41) is 3.10. The average Bonchev–Trinajstić information content (AvgIpc) is 2.35. The van der Waals surface area contributed by atoms with Gasteiger partial charge in [-0.05, 0) is 50.1 Å². The molecule has 7 heteroatoms. The van der Waals surface area contributed by atoms with E-state index in [1.165, 1.54) is 12.1 Å². The molecule has 116 valence electrons. The molecule has 0 aliphatic heterocycles. The Morgan fingerprint density at radius 1 is 1.10 bits per heavy atom. The topological polar surface area (TPSA) is 58.2 Å². The van der Waals surface area contributed by atoms with E-state index >= 15 is 0 Å². The van der Waals surface area contributed by atoms with Crippen LogP contribution in [0.5, 0.6) is 0 Å². The summed E-state index contributed by atoms with van der Waals surface area (Å²) in [6, 6.07) is 2.70. The van der Waals surface area contributed by atoms with E-state index in [1.54, 1.807) is 13.8 Å². The summed E-state index contributed by atoms with van der Waals surface area (Å²) in [6.07, 6.45) is 1.00. The maximum absolute atomic E-state index is 13.5. The number of rotatable bonds is 7. The number of hydrogen-bond donors (Lipinski definition) is 2. The lowest BCUT2D eigenvalue weighted by molar-refractivity contribution is 0.573. The number of sulfonamides is 1. The highest BCUT2D eigenvalue weighted by Crippen LogP contribution is 2.18. The van der Waals surface area contributed by atoms with Crippen LogP contribution in [0.3, 0.4) is 0 Å². The molecule has 0 aliphatic rings. The lowest BCUT2D eigenvalue weighted by Gasteiger charge is -2.10. The fourth-order valence-corrected chi connectivity index (χ4v) is 2.92. The van der Waals surface area contributed by atoms with Crippen LogP contribution in [0.15, 0.2) is 17.0 Å². The minimum absolute atomic E-state index is 0. The smallest absolute Gasteiger partial charge is 0.240 e. The zero-order valence-corrected chi connectivity index (χ0v) is 13.6. The molecule has 0 saturated heterocycles. The summed E-state index contributed by atoms with van der Waals surface area (Å²) < 4.78 is 40.0. The highest BCUT2D eigenvalue weighted by molar-refractivity contribution is 7.89. The maximum atomic E-state index is 13.5. The van der Waals surface area contributed by atoms with Crippen LogP contribution in [-0.4, -0.2) is 28.1 Å². The molecule has 0 heterocycles. The maximum Gasteiger partial charge on any atom is 0.240 e. The predicted octanol–water partition coefficient (Wildman–Crippen LogP) is 2.14. The third-order valence-electron chi connectivity index (χ3n) is 2.74. The Labute approximate surface area is 126 Å². The average molecular weight is 325 g/mol. The van der Waals surface area contributed by atoms with Crippen molar-refractivity contribution < 1.29 is 12.8 Å². The first-order chi connectivity index (χ1) is 8.88. The zero-order chi connectivity index (χ0) is 14.5. The quantitative estimate of drug-likeness (QED) is 0.756. The summed E-state index contributed by atoms with van der Waals surface area (Å²) in [5.74, 6) is -0.358. The normalized spacial score (nSPS) is 11.2. The number of nitrogens with one attached hydrogen (secondary N) is 2. The van der Waals surface area contributed by atoms with Gasteiger partial charge in [0.2, 0.25) is 10.0 Å². The van der Waals surface area contributed by atoms with E-state index in [0.717, 1.165) is 13.0 Å². The SMILES string of the molecule is CCCNCCNS(=O)(=O)c1cc(C)c(F)c(C)c1.Cl. The highest BCUT2D eigenvalue weighted by atomic mass is 35.5. The molecule has 0 unspecified atom stereocenters. The van der Waals surface area contributed by atoms with Crippen LogP contribution >= 0.6 is 12.4 Å². The molecule has 0 atom stereocenters. The molecule has 0 fully saturated rings. The van der Waals surface area contributed by atoms with Gasteiger partial charge in [0.1, 0.15) is 5.82 Å². The Bertz CT molecular complexity index is 512. The van der Waals surface area contributed by atoms with Crippen LogP contribution in [0.25, 0.3) is 0 Å². The van der Waals surface area contributed by atoms with Gasteiger partial charge in [-0.2, -0.15) is 0 Å². The number of aryl methyl sites for hydroxylation is 2. The second-order valence-electron chi connectivity index (χ2n) is 4.52. The second-order valence-corrected chi connectivity index (χ2v) is 6.29. The van der Waals surface area contributed by atoms with Gasteiger partial charge in [0.25, 0.3) is 0 Å². The number of halogens is 2. The molecule has 0 saturated carbocycles. The van der Waals surface area contributed by atoms with E-state index in [0.29, 0.717) is 24.2 Å². The van der Waals surface area contributed by atoms with Crippen LogP contribution in [-0.2, 0) is 10.0 Å². The van der Waals surface area contributed by atoms with E-state index in [-0.39, 0.29) is 23.1 Å². The first-order valence-corrected chi connectivity index (χ1v) is 7.84. The summed E-state index contributed by atoms with van der Waals surface area (Å²) in [4.78, 5) is 0.111. The van der Waals surface area contributed by atoms with Crippen LogP contribution in [0.2, 0.25) is 0 Å². The molecule has 0 radical (unpaired) electrons. The summed E-state index contributed by atoms with van der Waals surface area (Å²) >= 11 is 0. The van der Waals surface area contributed by atoms with Crippen molar-refractivity contribution in [3.05, 3.63) is 29.1 Å². The third-order valence-corrected chi connectivity index (χ3v) is 4.18. The largest absolute Gasteiger partial charge is 0.315 e. The Morgan fingerprint density at radius 3 is 2.15 bits per heavy atom. The fourth-order valence-electron chi connectivity index (χ4n) is 1.72. The third kappa shape index (κ3) is 5.36. The van der Waals surface area contributed by atoms with Gasteiger partial charge in [0, 0.05) is 13.1 Å². The number of benzene rings is 1. The molecule has 0 aromatic heterocycles. The fraction of sp³-hybridized carbons (Fsp3) is 0.538. The molecule has 0 spiro atoms. The standard InChI is InChI=1S/C13H21FN2O2S.ClH/c1-4-5-15-6-7-16-19(17,18)12-8-10(2)13(14)11(3)9-12;/h8-9,15-16H,4-7H2,1-3H3;1H. The van der Waals surface area contributed by atoms with Gasteiger partial charge >= 0.3 is 0 Å². The molecular weight excluding hydrogens is 303 g/mol. The van der Waals surface area contributed by atoms with Crippen LogP contribution in [0.1, 0.15) is 24.5 Å². The van der Waals surface area contributed by atoms with E-state index < -0.39 is 10.0 Å². The molecule has 4 nitrogen and oxygen atoms in total. The van der Waals surface area contributed by atoms with Gasteiger partial charge in [-0.15, -0.1) is 12.4 Å². The van der Waals surface area contributed by atoms with Crippen LogP contribution in [0.4, 0.5) is 4.39 Å². The van der Waals surface area contributed by atoms with Crippen molar-refractivity contribution in [3.63, 3.8) is 0 Å². The Balaban J connectivity index is 0.00000361. The minimum atomic E-state index is -3.57. The molecular formula is C13H22ClFN2O2S. The van der Waals surface area contributed by atoms with Crippen LogP contribution < -0.4 is 10.0 Å². The van der Waals surface area contributed by atoms with Gasteiger partial charge in [-0.25, -0.2) is 17.5 Å². The summed E-state index contributed by atoms with van der Waals surface area (Å²) in [7, 11) is -3.57. The number of hydrogen-bond acceptors (Lipinski definition) is 3. The van der Waals surface area contributed by atoms with Crippen molar-refractivity contribution >= 4 is 22.4 Å². The first kappa shape index (κ1) is 19.3. The highest BCUT2D eigenvalue weighted by Gasteiger charge is 2.16. The van der Waals surface area contributed by atoms with Crippen molar-refractivity contribution in [2.24, 2.45) is 0 Å². The molecule has 1 aromatic carbocycles. The Hall–Kier alpha value is -0.690. The molecule has 1 aromatic rings. The van der Waals surface area contributed by atoms with Crippen LogP contribution in [0, 0.1) is 19.7 Å². The van der Waals surface area contributed by atoms with Gasteiger partial charge < -0.3 is 5.32 Å². The van der Waals surface area contributed by atoms with Gasteiger partial charge in [-0.1, -0.05) is 6.92 Å². The predicted molar refractivity (Wildman–Crippen MR) is 81.5 cm³/mol. The van der Waals surface area contributed by atoms with E-state index in [2.05, 4.69) is 10.0 Å². The molecule has 1 rings (SSSR count). The molecule has 0 aliphatic carbocycles. The molecule has 20 heavy (non-hydrogen) atoms. The van der Waals surface area contributed by atoms with Crippen molar-refractivity contribution in [1.82, 2.24) is 10.0 Å². The summed E-state index contributed by atoms with van der Waals surface area (Å²) in [6.45, 7) is 6.91. The van der Waals surface area contributed by atoms with Gasteiger partial charge in [-0.3, -0.25) is 0 Å². The second kappa shape index (κ2) is 8.56. The monoisotopic (exact) mass is 324 g/mol. The molecule has 2 N–H and O–H groups in total. The van der Waals surface area contributed by atoms with Crippen molar-refractivity contribution in [3.8, 4) is 0 Å². The lowest BCUT2D eigenvalue weighted by atomic mass is 10.1. The minimum Gasteiger partial charge on any atom is -0.315 e. The lowest BCUT2D eigenvalue weighted by Crippen LogP contribution is -2.32. The Morgan fingerprint density at radius 2 is 1.65 bits per heavy atom. The van der Waals surface area contributed by atoms with Gasteiger partial charge in [0.05, 0.1) is 4.90 Å². The first-order valence-electron chi connectivity index (χ1n) is 6.35. The van der Waals surface area contributed by atoms with E-state index in [4.69, 9.17) is 0 Å². The van der Waals surface area contributed by atoms with Crippen molar-refractivity contribution in [1.29, 1.82) is 0 Å². The van der Waals surface area contributed by atoms with Crippen molar-refractivity contribution in [2.45, 2.75) is 32.1 Å². The summed E-state index contributed by atoms with van der Waals surface area (Å²) in [5.41, 5.74) is 0.675. The zero-order valence-electron chi connectivity index (χ0n) is 12.0. The van der Waals surface area contributed by atoms with E-state index in [1.807, 2.05) is 6.92 Å². The Kier molecular flexibility index (Phi) is 8.27. The van der Waals surface area contributed by atoms with E-state index in [9.17, 15) is 12.8 Å². The molecule has 0 amide bonds. The van der Waals surface area contributed by atoms with Crippen molar-refractivity contribution in [2.75, 3.05) is 19.6 Å². The van der Waals surface area contributed by atoms with Gasteiger partial charge in [0.15, 0.2) is 0 Å². The molecule has 0 bridgehead atoms.